The van der Waals surface area contributed by atoms with Crippen molar-refractivity contribution >= 4 is 5.97 Å². The molecule has 1 saturated carbocycles. The number of carboxylic acid groups (broad SMARTS) is 1. The Hall–Kier alpha value is -3.55. The molecular weight excluding hydrogens is 496 g/mol. The summed E-state index contributed by atoms with van der Waals surface area (Å²) in [7, 11) is 0. The van der Waals surface area contributed by atoms with Crippen LogP contribution >= 0.6 is 0 Å². The van der Waals surface area contributed by atoms with Gasteiger partial charge in [0.1, 0.15) is 29.5 Å². The zero-order valence-electron chi connectivity index (χ0n) is 22.7. The van der Waals surface area contributed by atoms with Gasteiger partial charge < -0.3 is 29.5 Å². The first-order valence-corrected chi connectivity index (χ1v) is 13.5. The first-order chi connectivity index (χ1) is 18.7. The van der Waals surface area contributed by atoms with Crippen molar-refractivity contribution in [3.8, 4) is 28.4 Å². The molecule has 1 aliphatic carbocycles. The lowest BCUT2D eigenvalue weighted by atomic mass is 9.90. The highest BCUT2D eigenvalue weighted by Crippen LogP contribution is 2.59. The lowest BCUT2D eigenvalue weighted by Crippen LogP contribution is -2.22. The smallest absolute Gasteiger partial charge is 0.304 e. The van der Waals surface area contributed by atoms with Crippen LogP contribution in [-0.2, 0) is 11.4 Å². The Bertz CT molecular complexity index is 1350. The molecule has 1 spiro atoms. The summed E-state index contributed by atoms with van der Waals surface area (Å²) < 4.78 is 18.2. The van der Waals surface area contributed by atoms with Crippen LogP contribution in [-0.4, -0.2) is 46.2 Å². The molecule has 2 atom stereocenters. The summed E-state index contributed by atoms with van der Waals surface area (Å²) in [6, 6.07) is 16.0. The van der Waals surface area contributed by atoms with Crippen LogP contribution in [0, 0.1) is 20.8 Å². The number of aryl methyl sites for hydroxylation is 2. The van der Waals surface area contributed by atoms with Gasteiger partial charge in [0.25, 0.3) is 0 Å². The number of ether oxygens (including phenoxy) is 3. The average molecular weight is 533 g/mol. The molecule has 0 aromatic heterocycles. The van der Waals surface area contributed by atoms with Gasteiger partial charge >= 0.3 is 5.97 Å². The van der Waals surface area contributed by atoms with E-state index in [0.29, 0.717) is 25.4 Å². The van der Waals surface area contributed by atoms with Crippen LogP contribution in [0.1, 0.15) is 59.4 Å². The molecule has 0 saturated heterocycles. The van der Waals surface area contributed by atoms with Gasteiger partial charge in [-0.15, -0.1) is 0 Å². The van der Waals surface area contributed by atoms with E-state index in [0.717, 1.165) is 63.3 Å². The van der Waals surface area contributed by atoms with Crippen molar-refractivity contribution in [1.29, 1.82) is 0 Å². The minimum atomic E-state index is -0.802. The monoisotopic (exact) mass is 532 g/mol. The molecule has 0 amide bonds. The van der Waals surface area contributed by atoms with Crippen molar-refractivity contribution in [2.45, 2.75) is 70.7 Å². The van der Waals surface area contributed by atoms with E-state index in [9.17, 15) is 15.0 Å². The molecule has 1 fully saturated rings. The van der Waals surface area contributed by atoms with E-state index in [1.807, 2.05) is 36.4 Å². The third-order valence-electron chi connectivity index (χ3n) is 7.98. The highest BCUT2D eigenvalue weighted by molar-refractivity contribution is 5.75. The number of fused-ring (bicyclic) bond motifs is 1. The van der Waals surface area contributed by atoms with Gasteiger partial charge in [0.15, 0.2) is 0 Å². The van der Waals surface area contributed by atoms with E-state index in [4.69, 9.17) is 19.3 Å². The number of hydrogen-bond acceptors (Lipinski definition) is 6. The third-order valence-corrected chi connectivity index (χ3v) is 7.98. The number of rotatable bonds is 11. The fraction of sp³-hybridized carbons (Fsp3) is 0.406. The second-order valence-electron chi connectivity index (χ2n) is 10.8. The second-order valence-corrected chi connectivity index (χ2v) is 10.8. The van der Waals surface area contributed by atoms with Crippen LogP contribution in [0.15, 0.2) is 48.5 Å². The largest absolute Gasteiger partial charge is 0.493 e. The van der Waals surface area contributed by atoms with Gasteiger partial charge in [0.2, 0.25) is 0 Å². The molecule has 0 bridgehead atoms. The maximum Gasteiger partial charge on any atom is 0.304 e. The van der Waals surface area contributed by atoms with Crippen molar-refractivity contribution in [3.05, 3.63) is 76.3 Å². The standard InChI is InChI=1S/C32H36O7/c1-19-13-25(37-12-9-23(34)17-33)14-20(2)31(19)26-6-4-5-22(21(26)3)18-38-24-7-8-27-28(16-30(35)36)32(10-11-32)39-29(27)15-24/h4-8,13-15,23,28,33-34H,9-12,16-18H2,1-3H3,(H,35,36)/t23-,28-/m1/s1. The van der Waals surface area contributed by atoms with Crippen LogP contribution in [0.25, 0.3) is 11.1 Å². The van der Waals surface area contributed by atoms with Crippen LogP contribution in [0.2, 0.25) is 0 Å². The average Bonchev–Trinajstić information content (AvgIpc) is 3.61. The molecule has 206 valence electrons. The number of hydrogen-bond donors (Lipinski definition) is 3. The SMILES string of the molecule is Cc1cc(OCC[C@@H](O)CO)cc(C)c1-c1cccc(COc2ccc3c(c2)OC2(CC2)[C@@H]3CC(=O)O)c1C. The van der Waals surface area contributed by atoms with Gasteiger partial charge in [-0.2, -0.15) is 0 Å². The maximum absolute atomic E-state index is 11.4. The van der Waals surface area contributed by atoms with E-state index in [2.05, 4.69) is 32.9 Å². The Balaban J connectivity index is 1.30. The summed E-state index contributed by atoms with van der Waals surface area (Å²) in [4.78, 5) is 11.4. The summed E-state index contributed by atoms with van der Waals surface area (Å²) in [6.07, 6.45) is 1.46. The molecule has 7 heteroatoms. The fourth-order valence-corrected chi connectivity index (χ4v) is 5.71. The van der Waals surface area contributed by atoms with E-state index in [1.165, 1.54) is 0 Å². The van der Waals surface area contributed by atoms with Crippen molar-refractivity contribution in [2.75, 3.05) is 13.2 Å². The topological polar surface area (TPSA) is 105 Å². The number of carboxylic acids is 1. The number of carbonyl (C=O) groups is 1. The quantitative estimate of drug-likeness (QED) is 0.301. The normalized spacial score (nSPS) is 17.4. The zero-order valence-corrected chi connectivity index (χ0v) is 22.7. The van der Waals surface area contributed by atoms with Gasteiger partial charge in [-0.1, -0.05) is 24.3 Å². The van der Waals surface area contributed by atoms with E-state index in [1.54, 1.807) is 0 Å². The Morgan fingerprint density at radius 1 is 1.05 bits per heavy atom. The molecule has 3 aromatic carbocycles. The molecule has 3 aromatic rings. The van der Waals surface area contributed by atoms with E-state index >= 15 is 0 Å². The molecule has 0 unspecified atom stereocenters. The molecule has 39 heavy (non-hydrogen) atoms. The van der Waals surface area contributed by atoms with Crippen LogP contribution in [0.4, 0.5) is 0 Å². The van der Waals surface area contributed by atoms with Crippen molar-refractivity contribution in [1.82, 2.24) is 0 Å². The summed E-state index contributed by atoms with van der Waals surface area (Å²) in [6.45, 7) is 6.69. The van der Waals surface area contributed by atoms with Crippen LogP contribution in [0.3, 0.4) is 0 Å². The Morgan fingerprint density at radius 3 is 2.46 bits per heavy atom. The van der Waals surface area contributed by atoms with E-state index < -0.39 is 12.1 Å². The Labute approximate surface area is 229 Å². The Kier molecular flexibility index (Phi) is 7.56. The van der Waals surface area contributed by atoms with Crippen LogP contribution < -0.4 is 14.2 Å². The predicted molar refractivity (Wildman–Crippen MR) is 148 cm³/mol. The molecule has 1 heterocycles. The molecule has 1 aliphatic heterocycles. The zero-order chi connectivity index (χ0) is 27.7. The van der Waals surface area contributed by atoms with Crippen molar-refractivity contribution < 1.29 is 34.3 Å². The van der Waals surface area contributed by atoms with Crippen molar-refractivity contribution in [3.63, 3.8) is 0 Å². The summed E-state index contributed by atoms with van der Waals surface area (Å²) in [5, 5.41) is 27.9. The van der Waals surface area contributed by atoms with Crippen molar-refractivity contribution in [2.24, 2.45) is 0 Å². The predicted octanol–water partition coefficient (Wildman–Crippen LogP) is 5.46. The molecule has 0 radical (unpaired) electrons. The number of aliphatic carboxylic acids is 1. The van der Waals surface area contributed by atoms with Gasteiger partial charge in [0, 0.05) is 24.0 Å². The minimum absolute atomic E-state index is 0.0813. The van der Waals surface area contributed by atoms with Gasteiger partial charge in [-0.05, 0) is 85.2 Å². The lowest BCUT2D eigenvalue weighted by molar-refractivity contribution is -0.138. The number of aliphatic hydroxyl groups excluding tert-OH is 2. The maximum atomic E-state index is 11.4. The van der Waals surface area contributed by atoms with Gasteiger partial charge in [-0.25, -0.2) is 0 Å². The third kappa shape index (κ3) is 5.60. The minimum Gasteiger partial charge on any atom is -0.493 e. The Morgan fingerprint density at radius 2 is 1.79 bits per heavy atom. The first-order valence-electron chi connectivity index (χ1n) is 13.5. The molecular formula is C32H36O7. The second kappa shape index (κ2) is 10.9. The van der Waals surface area contributed by atoms with Gasteiger partial charge in [0.05, 0.1) is 25.7 Å². The molecule has 7 nitrogen and oxygen atoms in total. The number of benzene rings is 3. The van der Waals surface area contributed by atoms with Crippen LogP contribution in [0.5, 0.6) is 17.2 Å². The number of aliphatic hydroxyl groups is 2. The van der Waals surface area contributed by atoms with Gasteiger partial charge in [-0.3, -0.25) is 4.79 Å². The fourth-order valence-electron chi connectivity index (χ4n) is 5.71. The summed E-state index contributed by atoms with van der Waals surface area (Å²) >= 11 is 0. The first kappa shape index (κ1) is 27.0. The highest BCUT2D eigenvalue weighted by Gasteiger charge is 2.57. The summed E-state index contributed by atoms with van der Waals surface area (Å²) in [5.74, 6) is 1.28. The molecule has 5 rings (SSSR count). The molecule has 2 aliphatic rings. The lowest BCUT2D eigenvalue weighted by Gasteiger charge is -2.18. The molecule has 3 N–H and O–H groups in total. The van der Waals surface area contributed by atoms with E-state index in [-0.39, 0.29) is 24.5 Å². The highest BCUT2D eigenvalue weighted by atomic mass is 16.5. The summed E-state index contributed by atoms with van der Waals surface area (Å²) in [5.41, 5.74) is 7.31.